The maximum absolute atomic E-state index is 12.5. The first-order chi connectivity index (χ1) is 11.7. The highest BCUT2D eigenvalue weighted by Gasteiger charge is 2.32. The van der Waals surface area contributed by atoms with E-state index in [1.165, 1.54) is 12.8 Å². The number of rotatable bonds is 7. The van der Waals surface area contributed by atoms with Crippen molar-refractivity contribution in [3.8, 4) is 0 Å². The predicted octanol–water partition coefficient (Wildman–Crippen LogP) is 1.90. The average molecular weight is 465 g/mol. The van der Waals surface area contributed by atoms with Gasteiger partial charge in [0.2, 0.25) is 5.91 Å². The summed E-state index contributed by atoms with van der Waals surface area (Å²) in [6.45, 7) is 10.1. The zero-order chi connectivity index (χ0) is 17.4. The highest BCUT2D eigenvalue weighted by atomic mass is 127. The minimum Gasteiger partial charge on any atom is -0.355 e. The van der Waals surface area contributed by atoms with E-state index in [9.17, 15) is 4.79 Å². The third kappa shape index (κ3) is 6.92. The molecule has 0 spiro atoms. The molecule has 0 aromatic rings. The van der Waals surface area contributed by atoms with Gasteiger partial charge in [-0.25, -0.2) is 0 Å². The zero-order valence-electron chi connectivity index (χ0n) is 16.1. The molecule has 1 saturated carbocycles. The molecule has 1 amide bonds. The summed E-state index contributed by atoms with van der Waals surface area (Å²) in [4.78, 5) is 21.3. The summed E-state index contributed by atoms with van der Waals surface area (Å²) in [5, 5.41) is 6.87. The lowest BCUT2D eigenvalue weighted by molar-refractivity contribution is -0.134. The van der Waals surface area contributed by atoms with Gasteiger partial charge in [0.05, 0.1) is 0 Å². The largest absolute Gasteiger partial charge is 0.355 e. The summed E-state index contributed by atoms with van der Waals surface area (Å²) in [5.41, 5.74) is 0. The van der Waals surface area contributed by atoms with Gasteiger partial charge in [-0.05, 0) is 32.4 Å². The van der Waals surface area contributed by atoms with Crippen LogP contribution in [-0.4, -0.2) is 74.0 Å². The fraction of sp³-hybridized carbons (Fsp3) is 0.889. The summed E-state index contributed by atoms with van der Waals surface area (Å²) in [6.07, 6.45) is 5.61. The molecule has 2 aliphatic rings. The average Bonchev–Trinajstić information content (AvgIpc) is 3.28. The number of likely N-dealkylation sites (N-methyl/N-ethyl adjacent to an activating group) is 1. The number of nitrogens with zero attached hydrogens (tertiary/aromatic N) is 3. The van der Waals surface area contributed by atoms with E-state index in [4.69, 9.17) is 0 Å². The van der Waals surface area contributed by atoms with Gasteiger partial charge < -0.3 is 20.4 Å². The Morgan fingerprint density at radius 3 is 2.48 bits per heavy atom. The highest BCUT2D eigenvalue weighted by molar-refractivity contribution is 14.0. The Morgan fingerprint density at radius 1 is 1.20 bits per heavy atom. The molecular weight excluding hydrogens is 429 g/mol. The molecule has 1 saturated heterocycles. The number of hydrogen-bond acceptors (Lipinski definition) is 3. The summed E-state index contributed by atoms with van der Waals surface area (Å²) in [7, 11) is 1.81. The van der Waals surface area contributed by atoms with Crippen LogP contribution in [0.4, 0.5) is 0 Å². The van der Waals surface area contributed by atoms with E-state index < -0.39 is 0 Å². The van der Waals surface area contributed by atoms with Gasteiger partial charge in [-0.15, -0.1) is 24.0 Å². The molecule has 25 heavy (non-hydrogen) atoms. The highest BCUT2D eigenvalue weighted by Crippen LogP contribution is 2.27. The number of halogens is 1. The molecule has 2 fully saturated rings. The number of aliphatic imine (C=N–C) groups is 1. The Morgan fingerprint density at radius 2 is 1.88 bits per heavy atom. The molecule has 1 aliphatic carbocycles. The lowest BCUT2D eigenvalue weighted by atomic mass is 10.1. The summed E-state index contributed by atoms with van der Waals surface area (Å²) in [5.74, 6) is 1.51. The van der Waals surface area contributed by atoms with Crippen LogP contribution >= 0.6 is 24.0 Å². The van der Waals surface area contributed by atoms with Gasteiger partial charge >= 0.3 is 0 Å². The van der Waals surface area contributed by atoms with E-state index in [2.05, 4.69) is 39.3 Å². The van der Waals surface area contributed by atoms with E-state index in [0.29, 0.717) is 11.9 Å². The van der Waals surface area contributed by atoms with Crippen molar-refractivity contribution in [1.29, 1.82) is 0 Å². The molecule has 6 nitrogen and oxygen atoms in total. The summed E-state index contributed by atoms with van der Waals surface area (Å²) < 4.78 is 0. The van der Waals surface area contributed by atoms with E-state index in [1.54, 1.807) is 0 Å². The van der Waals surface area contributed by atoms with Crippen LogP contribution in [0.3, 0.4) is 0 Å². The van der Waals surface area contributed by atoms with Gasteiger partial charge in [0.1, 0.15) is 0 Å². The molecule has 0 bridgehead atoms. The van der Waals surface area contributed by atoms with Crippen molar-refractivity contribution < 1.29 is 4.79 Å². The zero-order valence-corrected chi connectivity index (χ0v) is 18.4. The lowest BCUT2D eigenvalue weighted by Gasteiger charge is -2.22. The topological polar surface area (TPSA) is 60.0 Å². The van der Waals surface area contributed by atoms with Crippen LogP contribution in [-0.2, 0) is 4.79 Å². The van der Waals surface area contributed by atoms with E-state index in [-0.39, 0.29) is 29.9 Å². The van der Waals surface area contributed by atoms with Gasteiger partial charge in [-0.3, -0.25) is 9.79 Å². The molecule has 0 radical (unpaired) electrons. The monoisotopic (exact) mass is 465 g/mol. The molecule has 1 aliphatic heterocycles. The SMILES string of the molecule is CCN(CC)CCNC(=NC)NC1CCN(C(=O)C2CCCC2)C1.I. The van der Waals surface area contributed by atoms with Crippen molar-refractivity contribution in [3.63, 3.8) is 0 Å². The van der Waals surface area contributed by atoms with Crippen LogP contribution in [0, 0.1) is 5.92 Å². The normalized spacial score (nSPS) is 21.5. The fourth-order valence-electron chi connectivity index (χ4n) is 3.77. The van der Waals surface area contributed by atoms with E-state index >= 15 is 0 Å². The third-order valence-electron chi connectivity index (χ3n) is 5.38. The quantitative estimate of drug-likeness (QED) is 0.343. The Bertz CT molecular complexity index is 422. The third-order valence-corrected chi connectivity index (χ3v) is 5.38. The Labute approximate surface area is 170 Å². The van der Waals surface area contributed by atoms with Crippen molar-refractivity contribution in [1.82, 2.24) is 20.4 Å². The number of carbonyl (C=O) groups excluding carboxylic acids is 1. The standard InChI is InChI=1S/C18H35N5O.HI/c1-4-22(5-2)13-11-20-18(19-3)21-16-10-12-23(14-16)17(24)15-8-6-7-9-15;/h15-16H,4-14H2,1-3H3,(H2,19,20,21);1H. The molecule has 2 N–H and O–H groups in total. The number of guanidine groups is 1. The van der Waals surface area contributed by atoms with Crippen molar-refractivity contribution in [3.05, 3.63) is 0 Å². The van der Waals surface area contributed by atoms with Crippen molar-refractivity contribution >= 4 is 35.8 Å². The van der Waals surface area contributed by atoms with Crippen molar-refractivity contribution in [2.45, 2.75) is 52.0 Å². The first kappa shape index (κ1) is 22.5. The van der Waals surface area contributed by atoms with Crippen LogP contribution in [0.1, 0.15) is 46.0 Å². The Hall–Kier alpha value is -0.570. The molecule has 1 heterocycles. The Balaban J connectivity index is 0.00000312. The second kappa shape index (κ2) is 11.9. The molecule has 1 atom stereocenters. The number of carbonyl (C=O) groups is 1. The maximum atomic E-state index is 12.5. The second-order valence-electron chi connectivity index (χ2n) is 6.92. The molecule has 0 aromatic carbocycles. The first-order valence-corrected chi connectivity index (χ1v) is 9.66. The molecular formula is C18H36IN5O. The smallest absolute Gasteiger partial charge is 0.225 e. The minimum atomic E-state index is 0. The predicted molar refractivity (Wildman–Crippen MR) is 115 cm³/mol. The molecule has 0 aromatic heterocycles. The van der Waals surface area contributed by atoms with Crippen LogP contribution in [0.2, 0.25) is 0 Å². The summed E-state index contributed by atoms with van der Waals surface area (Å²) >= 11 is 0. The summed E-state index contributed by atoms with van der Waals surface area (Å²) in [6, 6.07) is 0.315. The maximum Gasteiger partial charge on any atom is 0.225 e. The minimum absolute atomic E-state index is 0. The lowest BCUT2D eigenvalue weighted by Crippen LogP contribution is -2.47. The van der Waals surface area contributed by atoms with Gasteiger partial charge in [0, 0.05) is 45.2 Å². The first-order valence-electron chi connectivity index (χ1n) is 9.66. The van der Waals surface area contributed by atoms with Gasteiger partial charge in [0.15, 0.2) is 5.96 Å². The van der Waals surface area contributed by atoms with Gasteiger partial charge in [-0.2, -0.15) is 0 Å². The van der Waals surface area contributed by atoms with Crippen molar-refractivity contribution in [2.24, 2.45) is 10.9 Å². The van der Waals surface area contributed by atoms with E-state index in [1.807, 2.05) is 7.05 Å². The second-order valence-corrected chi connectivity index (χ2v) is 6.92. The molecule has 146 valence electrons. The fourth-order valence-corrected chi connectivity index (χ4v) is 3.77. The van der Waals surface area contributed by atoms with Crippen LogP contribution < -0.4 is 10.6 Å². The van der Waals surface area contributed by atoms with E-state index in [0.717, 1.165) is 64.5 Å². The molecule has 1 unspecified atom stereocenters. The van der Waals surface area contributed by atoms with Crippen LogP contribution in [0.5, 0.6) is 0 Å². The van der Waals surface area contributed by atoms with Crippen LogP contribution in [0.15, 0.2) is 4.99 Å². The van der Waals surface area contributed by atoms with Crippen molar-refractivity contribution in [2.75, 3.05) is 46.3 Å². The number of hydrogen-bond donors (Lipinski definition) is 2. The number of amides is 1. The number of likely N-dealkylation sites (tertiary alicyclic amines) is 1. The Kier molecular flexibility index (Phi) is 10.7. The van der Waals surface area contributed by atoms with Crippen LogP contribution in [0.25, 0.3) is 0 Å². The molecule has 2 rings (SSSR count). The number of nitrogens with one attached hydrogen (secondary N) is 2. The van der Waals surface area contributed by atoms with Gasteiger partial charge in [0.25, 0.3) is 0 Å². The van der Waals surface area contributed by atoms with Gasteiger partial charge in [-0.1, -0.05) is 26.7 Å². The molecule has 7 heteroatoms.